The van der Waals surface area contributed by atoms with E-state index in [2.05, 4.69) is 15.4 Å². The average molecular weight is 335 g/mol. The first kappa shape index (κ1) is 17.4. The monoisotopic (exact) mass is 335 g/mol. The van der Waals surface area contributed by atoms with Gasteiger partial charge in [-0.3, -0.25) is 9.69 Å². The van der Waals surface area contributed by atoms with E-state index in [1.807, 2.05) is 27.7 Å². The van der Waals surface area contributed by atoms with Gasteiger partial charge in [0.25, 0.3) is 0 Å². The first-order valence-corrected chi connectivity index (χ1v) is 8.97. The molecular formula is C18H29N3O3. The minimum Gasteiger partial charge on any atom is -0.373 e. The van der Waals surface area contributed by atoms with Crippen LogP contribution in [0.4, 0.5) is 0 Å². The molecular weight excluding hydrogens is 306 g/mol. The minimum atomic E-state index is -0.0514. The van der Waals surface area contributed by atoms with Gasteiger partial charge in [0.15, 0.2) is 0 Å². The van der Waals surface area contributed by atoms with E-state index in [9.17, 15) is 4.79 Å². The van der Waals surface area contributed by atoms with Crippen molar-refractivity contribution in [1.82, 2.24) is 15.4 Å². The highest BCUT2D eigenvalue weighted by Gasteiger charge is 2.43. The molecule has 0 unspecified atom stereocenters. The number of nitrogens with zero attached hydrogens (tertiary/aromatic N) is 2. The molecule has 2 aliphatic heterocycles. The normalized spacial score (nSPS) is 24.0. The lowest BCUT2D eigenvalue weighted by molar-refractivity contribution is -0.124. The van der Waals surface area contributed by atoms with Crippen LogP contribution in [-0.4, -0.2) is 47.3 Å². The molecule has 1 amide bonds. The maximum absolute atomic E-state index is 11.9. The summed E-state index contributed by atoms with van der Waals surface area (Å²) in [4.78, 5) is 14.3. The van der Waals surface area contributed by atoms with Gasteiger partial charge in [0.1, 0.15) is 5.76 Å². The predicted molar refractivity (Wildman–Crippen MR) is 90.6 cm³/mol. The van der Waals surface area contributed by atoms with Crippen molar-refractivity contribution in [2.75, 3.05) is 19.7 Å². The van der Waals surface area contributed by atoms with Crippen LogP contribution in [0.3, 0.4) is 0 Å². The Morgan fingerprint density at radius 1 is 1.38 bits per heavy atom. The first-order valence-electron chi connectivity index (χ1n) is 8.97. The van der Waals surface area contributed by atoms with E-state index in [0.717, 1.165) is 50.4 Å². The van der Waals surface area contributed by atoms with Crippen molar-refractivity contribution in [1.29, 1.82) is 0 Å². The molecule has 1 aromatic rings. The van der Waals surface area contributed by atoms with Crippen molar-refractivity contribution in [3.63, 3.8) is 0 Å². The molecule has 6 heteroatoms. The summed E-state index contributed by atoms with van der Waals surface area (Å²) >= 11 is 0. The van der Waals surface area contributed by atoms with Gasteiger partial charge < -0.3 is 14.6 Å². The molecule has 0 radical (unpaired) electrons. The lowest BCUT2D eigenvalue weighted by Crippen LogP contribution is -2.45. The van der Waals surface area contributed by atoms with Gasteiger partial charge in [0, 0.05) is 31.1 Å². The topological polar surface area (TPSA) is 67.6 Å². The third-order valence-electron chi connectivity index (χ3n) is 5.41. The molecule has 2 saturated heterocycles. The van der Waals surface area contributed by atoms with E-state index < -0.39 is 0 Å². The van der Waals surface area contributed by atoms with E-state index in [1.54, 1.807) is 0 Å². The van der Waals surface area contributed by atoms with Gasteiger partial charge in [-0.15, -0.1) is 0 Å². The molecule has 24 heavy (non-hydrogen) atoms. The summed E-state index contributed by atoms with van der Waals surface area (Å²) in [5.74, 6) is 1.07. The molecule has 2 fully saturated rings. The number of piperidine rings is 1. The van der Waals surface area contributed by atoms with Gasteiger partial charge >= 0.3 is 0 Å². The molecule has 1 N–H and O–H groups in total. The largest absolute Gasteiger partial charge is 0.373 e. The highest BCUT2D eigenvalue weighted by molar-refractivity contribution is 5.78. The zero-order chi connectivity index (χ0) is 17.3. The number of carbonyl (C=O) groups excluding carboxylic acids is 1. The second kappa shape index (κ2) is 6.84. The van der Waals surface area contributed by atoms with Crippen LogP contribution in [0.2, 0.25) is 0 Å². The van der Waals surface area contributed by atoms with Gasteiger partial charge in [-0.1, -0.05) is 19.0 Å². The van der Waals surface area contributed by atoms with E-state index in [4.69, 9.17) is 9.26 Å². The lowest BCUT2D eigenvalue weighted by atomic mass is 9.87. The summed E-state index contributed by atoms with van der Waals surface area (Å²) in [6.07, 6.45) is 2.97. The van der Waals surface area contributed by atoms with Crippen molar-refractivity contribution in [2.45, 2.75) is 65.1 Å². The lowest BCUT2D eigenvalue weighted by Gasteiger charge is -2.38. The number of hydrogen-bond acceptors (Lipinski definition) is 5. The SMILES string of the molecule is Cc1noc(C)c1CN1CCC2(CC1)C[C@@H](NC(=O)C(C)C)CO2. The second-order valence-corrected chi connectivity index (χ2v) is 7.64. The quantitative estimate of drug-likeness (QED) is 0.913. The Balaban J connectivity index is 1.51. The van der Waals surface area contributed by atoms with Crippen molar-refractivity contribution in [2.24, 2.45) is 5.92 Å². The molecule has 0 saturated carbocycles. The minimum absolute atomic E-state index is 0.0263. The first-order chi connectivity index (χ1) is 11.4. The molecule has 1 spiro atoms. The van der Waals surface area contributed by atoms with Crippen molar-refractivity contribution in [3.8, 4) is 0 Å². The summed E-state index contributed by atoms with van der Waals surface area (Å²) in [5.41, 5.74) is 2.14. The van der Waals surface area contributed by atoms with E-state index in [-0.39, 0.29) is 23.5 Å². The zero-order valence-electron chi connectivity index (χ0n) is 15.2. The van der Waals surface area contributed by atoms with E-state index >= 15 is 0 Å². The van der Waals surface area contributed by atoms with Gasteiger partial charge in [-0.2, -0.15) is 0 Å². The van der Waals surface area contributed by atoms with Crippen molar-refractivity contribution >= 4 is 5.91 Å². The number of aromatic nitrogens is 1. The summed E-state index contributed by atoms with van der Waals surface area (Å²) in [7, 11) is 0. The van der Waals surface area contributed by atoms with E-state index in [1.165, 1.54) is 5.56 Å². The fourth-order valence-corrected chi connectivity index (χ4v) is 3.72. The maximum Gasteiger partial charge on any atom is 0.222 e. The van der Waals surface area contributed by atoms with Crippen LogP contribution in [0.15, 0.2) is 4.52 Å². The van der Waals surface area contributed by atoms with Crippen LogP contribution in [0.25, 0.3) is 0 Å². The number of likely N-dealkylation sites (tertiary alicyclic amines) is 1. The molecule has 134 valence electrons. The molecule has 6 nitrogen and oxygen atoms in total. The fourth-order valence-electron chi connectivity index (χ4n) is 3.72. The Morgan fingerprint density at radius 2 is 2.08 bits per heavy atom. The van der Waals surface area contributed by atoms with Gasteiger partial charge in [0.2, 0.25) is 5.91 Å². The van der Waals surface area contributed by atoms with Crippen LogP contribution >= 0.6 is 0 Å². The zero-order valence-corrected chi connectivity index (χ0v) is 15.2. The Hall–Kier alpha value is -1.40. The number of rotatable bonds is 4. The van der Waals surface area contributed by atoms with Gasteiger partial charge in [-0.25, -0.2) is 0 Å². The second-order valence-electron chi connectivity index (χ2n) is 7.64. The number of aryl methyl sites for hydroxylation is 2. The fraction of sp³-hybridized carbons (Fsp3) is 0.778. The molecule has 3 heterocycles. The van der Waals surface area contributed by atoms with E-state index in [0.29, 0.717) is 6.61 Å². The van der Waals surface area contributed by atoms with Crippen LogP contribution in [0.5, 0.6) is 0 Å². The summed E-state index contributed by atoms with van der Waals surface area (Å²) in [6, 6.07) is 0.161. The molecule has 1 atom stereocenters. The standard InChI is InChI=1S/C18H29N3O3/c1-12(2)17(22)19-15-9-18(23-11-15)5-7-21(8-6-18)10-16-13(3)20-24-14(16)4/h12,15H,5-11H2,1-4H3,(H,19,22)/t15-/m1/s1. The molecule has 0 aromatic carbocycles. The molecule has 0 bridgehead atoms. The third-order valence-corrected chi connectivity index (χ3v) is 5.41. The Kier molecular flexibility index (Phi) is 4.97. The molecule has 1 aromatic heterocycles. The maximum atomic E-state index is 11.9. The number of amides is 1. The Bertz CT molecular complexity index is 569. The molecule has 3 rings (SSSR count). The predicted octanol–water partition coefficient (Wildman–Crippen LogP) is 2.19. The Labute approximate surface area is 143 Å². The van der Waals surface area contributed by atoms with Crippen LogP contribution in [-0.2, 0) is 16.1 Å². The number of hydrogen-bond donors (Lipinski definition) is 1. The van der Waals surface area contributed by atoms with Gasteiger partial charge in [-0.05, 0) is 33.1 Å². The highest BCUT2D eigenvalue weighted by Crippen LogP contribution is 2.36. The smallest absolute Gasteiger partial charge is 0.222 e. The van der Waals surface area contributed by atoms with Crippen LogP contribution in [0.1, 0.15) is 50.1 Å². The summed E-state index contributed by atoms with van der Waals surface area (Å²) in [5, 5.41) is 7.15. The number of carbonyl (C=O) groups is 1. The summed E-state index contributed by atoms with van der Waals surface area (Å²) < 4.78 is 11.4. The summed E-state index contributed by atoms with van der Waals surface area (Å²) in [6.45, 7) is 11.4. The molecule has 2 aliphatic rings. The van der Waals surface area contributed by atoms with Crippen molar-refractivity contribution < 1.29 is 14.1 Å². The number of nitrogens with one attached hydrogen (secondary N) is 1. The average Bonchev–Trinajstić information content (AvgIpc) is 3.08. The molecule has 0 aliphatic carbocycles. The van der Waals surface area contributed by atoms with Crippen LogP contribution < -0.4 is 5.32 Å². The number of ether oxygens (including phenoxy) is 1. The van der Waals surface area contributed by atoms with Gasteiger partial charge in [0.05, 0.1) is 23.9 Å². The van der Waals surface area contributed by atoms with Crippen molar-refractivity contribution in [3.05, 3.63) is 17.0 Å². The highest BCUT2D eigenvalue weighted by atomic mass is 16.5. The Morgan fingerprint density at radius 3 is 2.67 bits per heavy atom. The van der Waals surface area contributed by atoms with Crippen LogP contribution in [0, 0.1) is 19.8 Å². The third kappa shape index (κ3) is 3.64.